The Morgan fingerprint density at radius 1 is 0.891 bits per heavy atom. The van der Waals surface area contributed by atoms with Crippen LogP contribution in [0, 0.1) is 17.3 Å². The summed E-state index contributed by atoms with van der Waals surface area (Å²) in [5, 5.41) is 8.20. The van der Waals surface area contributed by atoms with Crippen molar-refractivity contribution in [2.75, 3.05) is 43.9 Å². The molecule has 0 bridgehead atoms. The molecule has 6 heterocycles. The standard InChI is InChI=1S/C33H38N10O2S/c1-40-12-8-33(9-13-40)10-14-41(15-11-33)30-16-29(35-18-24(30)3-2-23-17-37-42(21-23)26-4-5-26)28-20-36-32(39-31(28)34)25-19-38-43(22-25)46(44,45)27-6-7-27/h16-22,26-27H,4-15H2,1H3,(H2,34,36,39). The fraction of sp³-hybridized carbons (Fsp3) is 0.485. The van der Waals surface area contributed by atoms with E-state index in [0.717, 1.165) is 59.9 Å². The lowest BCUT2D eigenvalue weighted by Gasteiger charge is -2.47. The molecule has 2 aliphatic carbocycles. The van der Waals surface area contributed by atoms with Crippen molar-refractivity contribution in [3.8, 4) is 34.5 Å². The number of hydrogen-bond donors (Lipinski definition) is 1. The van der Waals surface area contributed by atoms with Gasteiger partial charge in [0.05, 0.1) is 63.5 Å². The van der Waals surface area contributed by atoms with Crippen molar-refractivity contribution in [1.82, 2.24) is 38.8 Å². The van der Waals surface area contributed by atoms with Crippen LogP contribution in [0.1, 0.15) is 68.5 Å². The lowest BCUT2D eigenvalue weighted by Crippen LogP contribution is -2.46. The Balaban J connectivity index is 1.09. The molecule has 0 aromatic carbocycles. The van der Waals surface area contributed by atoms with Crippen LogP contribution in [-0.4, -0.2) is 85.7 Å². The molecule has 0 atom stereocenters. The van der Waals surface area contributed by atoms with Gasteiger partial charge < -0.3 is 15.5 Å². The third-order valence-electron chi connectivity index (χ3n) is 10.1. The Labute approximate surface area is 269 Å². The normalized spacial score (nSPS) is 20.1. The summed E-state index contributed by atoms with van der Waals surface area (Å²) in [4.78, 5) is 18.7. The summed E-state index contributed by atoms with van der Waals surface area (Å²) in [6.45, 7) is 4.24. The van der Waals surface area contributed by atoms with Crippen molar-refractivity contribution >= 4 is 21.5 Å². The van der Waals surface area contributed by atoms with Gasteiger partial charge in [-0.05, 0) is 83.0 Å². The van der Waals surface area contributed by atoms with Crippen LogP contribution in [0.3, 0.4) is 0 Å². The predicted molar refractivity (Wildman–Crippen MR) is 175 cm³/mol. The Morgan fingerprint density at radius 2 is 1.65 bits per heavy atom. The molecule has 2 N–H and O–H groups in total. The fourth-order valence-corrected chi connectivity index (χ4v) is 8.13. The smallest absolute Gasteiger partial charge is 0.256 e. The predicted octanol–water partition coefficient (Wildman–Crippen LogP) is 3.57. The van der Waals surface area contributed by atoms with Gasteiger partial charge in [-0.25, -0.2) is 18.4 Å². The first-order valence-corrected chi connectivity index (χ1v) is 17.7. The number of rotatable bonds is 6. The molecular formula is C33H38N10O2S. The number of nitrogens with zero attached hydrogens (tertiary/aromatic N) is 9. The van der Waals surface area contributed by atoms with Crippen molar-refractivity contribution in [1.29, 1.82) is 0 Å². The Bertz CT molecular complexity index is 1950. The third-order valence-corrected chi connectivity index (χ3v) is 12.1. The number of aromatic nitrogens is 7. The number of pyridine rings is 1. The number of hydrogen-bond acceptors (Lipinski definition) is 10. The van der Waals surface area contributed by atoms with Gasteiger partial charge in [-0.15, -0.1) is 0 Å². The SMILES string of the molecule is CN1CCC2(CC1)CCN(c1cc(-c3cnc(-c4cnn(S(=O)(=O)C5CC5)c4)nc3N)ncc1C#Cc1cnn(C3CC3)c1)CC2. The Morgan fingerprint density at radius 3 is 2.37 bits per heavy atom. The highest BCUT2D eigenvalue weighted by molar-refractivity contribution is 7.90. The molecule has 8 rings (SSSR count). The van der Waals surface area contributed by atoms with Crippen LogP contribution in [0.15, 0.2) is 43.2 Å². The van der Waals surface area contributed by atoms with E-state index in [0.29, 0.717) is 46.9 Å². The second kappa shape index (κ2) is 11.2. The van der Waals surface area contributed by atoms with E-state index in [1.807, 2.05) is 23.3 Å². The Hall–Kier alpha value is -4.28. The number of anilines is 2. The number of nitrogen functional groups attached to an aromatic ring is 1. The van der Waals surface area contributed by atoms with Crippen LogP contribution in [0.25, 0.3) is 22.6 Å². The molecule has 4 aromatic heterocycles. The fourth-order valence-electron chi connectivity index (χ4n) is 6.66. The maximum absolute atomic E-state index is 12.6. The largest absolute Gasteiger partial charge is 0.383 e. The molecule has 2 saturated carbocycles. The van der Waals surface area contributed by atoms with Crippen LogP contribution >= 0.6 is 0 Å². The molecule has 0 radical (unpaired) electrons. The van der Waals surface area contributed by atoms with Crippen molar-refractivity contribution in [3.63, 3.8) is 0 Å². The van der Waals surface area contributed by atoms with Crippen LogP contribution in [0.5, 0.6) is 0 Å². The summed E-state index contributed by atoms with van der Waals surface area (Å²) < 4.78 is 28.2. The van der Waals surface area contributed by atoms with Crippen LogP contribution < -0.4 is 10.6 Å². The Kier molecular flexibility index (Phi) is 7.10. The highest BCUT2D eigenvalue weighted by Crippen LogP contribution is 2.43. The van der Waals surface area contributed by atoms with Gasteiger partial charge in [0.25, 0.3) is 10.0 Å². The minimum Gasteiger partial charge on any atom is -0.383 e. The van der Waals surface area contributed by atoms with Crippen molar-refractivity contribution in [2.24, 2.45) is 5.41 Å². The van der Waals surface area contributed by atoms with E-state index in [-0.39, 0.29) is 11.1 Å². The molecular weight excluding hydrogens is 600 g/mol. The average molecular weight is 639 g/mol. The third kappa shape index (κ3) is 5.64. The molecule has 0 unspecified atom stereocenters. The molecule has 4 fully saturated rings. The summed E-state index contributed by atoms with van der Waals surface area (Å²) in [6, 6.07) is 2.57. The van der Waals surface area contributed by atoms with E-state index in [2.05, 4.69) is 54.9 Å². The van der Waals surface area contributed by atoms with Crippen LogP contribution in [0.4, 0.5) is 11.5 Å². The highest BCUT2D eigenvalue weighted by atomic mass is 32.2. The highest BCUT2D eigenvalue weighted by Gasteiger charge is 2.38. The van der Waals surface area contributed by atoms with Crippen LogP contribution in [-0.2, 0) is 10.0 Å². The molecule has 46 heavy (non-hydrogen) atoms. The first kappa shape index (κ1) is 29.1. The number of nitrogens with two attached hydrogens (primary N) is 1. The van der Waals surface area contributed by atoms with Gasteiger partial charge in [-0.1, -0.05) is 11.8 Å². The molecule has 2 saturated heterocycles. The zero-order valence-electron chi connectivity index (χ0n) is 26.0. The van der Waals surface area contributed by atoms with Crippen LogP contribution in [0.2, 0.25) is 0 Å². The monoisotopic (exact) mass is 638 g/mol. The van der Waals surface area contributed by atoms with Gasteiger partial charge in [0.2, 0.25) is 0 Å². The summed E-state index contributed by atoms with van der Waals surface area (Å²) in [6.07, 6.45) is 18.7. The van der Waals surface area contributed by atoms with Gasteiger partial charge in [-0.3, -0.25) is 9.67 Å². The second-order valence-corrected chi connectivity index (χ2v) is 15.5. The molecule has 4 aromatic rings. The summed E-state index contributed by atoms with van der Waals surface area (Å²) in [5.41, 5.74) is 11.5. The zero-order valence-corrected chi connectivity index (χ0v) is 26.8. The first-order chi connectivity index (χ1) is 22.3. The maximum atomic E-state index is 12.6. The zero-order chi connectivity index (χ0) is 31.5. The minimum atomic E-state index is -3.48. The number of likely N-dealkylation sites (tertiary alicyclic amines) is 1. The minimum absolute atomic E-state index is 0.261. The van der Waals surface area contributed by atoms with Crippen molar-refractivity contribution in [2.45, 2.75) is 62.7 Å². The van der Waals surface area contributed by atoms with E-state index < -0.39 is 10.0 Å². The average Bonchev–Trinajstić information content (AvgIpc) is 4.00. The van der Waals surface area contributed by atoms with Gasteiger partial charge >= 0.3 is 0 Å². The van der Waals surface area contributed by atoms with Gasteiger partial charge in [0.15, 0.2) is 5.82 Å². The van der Waals surface area contributed by atoms with Gasteiger partial charge in [-0.2, -0.15) is 14.3 Å². The maximum Gasteiger partial charge on any atom is 0.256 e. The molecule has 13 heteroatoms. The second-order valence-electron chi connectivity index (χ2n) is 13.4. The van der Waals surface area contributed by atoms with Gasteiger partial charge in [0, 0.05) is 31.7 Å². The molecule has 4 aliphatic rings. The molecule has 2 aliphatic heterocycles. The lowest BCUT2D eigenvalue weighted by molar-refractivity contribution is 0.0945. The topological polar surface area (TPSA) is 141 Å². The molecule has 0 amide bonds. The summed E-state index contributed by atoms with van der Waals surface area (Å²) >= 11 is 0. The summed E-state index contributed by atoms with van der Waals surface area (Å²) in [7, 11) is -1.27. The number of piperidine rings is 2. The van der Waals surface area contributed by atoms with E-state index in [9.17, 15) is 8.42 Å². The van der Waals surface area contributed by atoms with Crippen molar-refractivity contribution < 1.29 is 8.42 Å². The molecule has 12 nitrogen and oxygen atoms in total. The lowest BCUT2D eigenvalue weighted by atomic mass is 9.71. The molecule has 1 spiro atoms. The van der Waals surface area contributed by atoms with Crippen molar-refractivity contribution in [3.05, 3.63) is 54.4 Å². The quantitative estimate of drug-likeness (QED) is 0.312. The van der Waals surface area contributed by atoms with E-state index >= 15 is 0 Å². The van der Waals surface area contributed by atoms with E-state index in [4.69, 9.17) is 10.7 Å². The van der Waals surface area contributed by atoms with Gasteiger partial charge in [0.1, 0.15) is 5.82 Å². The van der Waals surface area contributed by atoms with E-state index in [1.54, 1.807) is 6.20 Å². The molecule has 238 valence electrons. The summed E-state index contributed by atoms with van der Waals surface area (Å²) in [5.74, 6) is 7.28. The van der Waals surface area contributed by atoms with E-state index in [1.165, 1.54) is 38.1 Å². The first-order valence-electron chi connectivity index (χ1n) is 16.2.